The topological polar surface area (TPSA) is 75.7 Å². The third kappa shape index (κ3) is 4.31. The molecule has 6 heteroatoms. The van der Waals surface area contributed by atoms with Gasteiger partial charge < -0.3 is 15.0 Å². The van der Waals surface area contributed by atoms with E-state index in [0.29, 0.717) is 13.0 Å². The van der Waals surface area contributed by atoms with Crippen LogP contribution < -0.4 is 5.32 Å². The zero-order valence-electron chi connectivity index (χ0n) is 12.6. The maximum atomic E-state index is 12.0. The number of esters is 1. The molecular weight excluding hydrogens is 284 g/mol. The number of benzene rings is 1. The smallest absolute Gasteiger partial charge is 0.325 e. The molecule has 1 aliphatic rings. The Kier molecular flexibility index (Phi) is 5.52. The standard InChI is InChI=1S/C16H20N2O4/c1-2-22-16(21)9-17-14(19)11-18-10-13(8-15(18)20)12-6-4-3-5-7-12/h3-7,13H,2,8-11H2,1H3,(H,17,19). The lowest BCUT2D eigenvalue weighted by molar-refractivity contribution is -0.143. The van der Waals surface area contributed by atoms with Gasteiger partial charge in [0.1, 0.15) is 6.54 Å². The Hall–Kier alpha value is -2.37. The molecule has 118 valence electrons. The first kappa shape index (κ1) is 16.0. The maximum absolute atomic E-state index is 12.0. The average Bonchev–Trinajstić information content (AvgIpc) is 2.87. The summed E-state index contributed by atoms with van der Waals surface area (Å²) in [5.41, 5.74) is 1.10. The molecule has 1 aromatic carbocycles. The van der Waals surface area contributed by atoms with E-state index in [4.69, 9.17) is 4.74 Å². The molecule has 0 aromatic heterocycles. The SMILES string of the molecule is CCOC(=O)CNC(=O)CN1CC(c2ccccc2)CC1=O. The Morgan fingerprint density at radius 2 is 2.05 bits per heavy atom. The number of hydrogen-bond acceptors (Lipinski definition) is 4. The fourth-order valence-corrected chi connectivity index (χ4v) is 2.49. The van der Waals surface area contributed by atoms with Gasteiger partial charge in [-0.2, -0.15) is 0 Å². The lowest BCUT2D eigenvalue weighted by Crippen LogP contribution is -2.40. The van der Waals surface area contributed by atoms with Gasteiger partial charge >= 0.3 is 5.97 Å². The molecule has 0 radical (unpaired) electrons. The molecule has 0 aliphatic carbocycles. The van der Waals surface area contributed by atoms with Gasteiger partial charge in [0.2, 0.25) is 11.8 Å². The molecule has 1 heterocycles. The van der Waals surface area contributed by atoms with Crippen LogP contribution in [0.2, 0.25) is 0 Å². The molecular formula is C16H20N2O4. The fraction of sp³-hybridized carbons (Fsp3) is 0.438. The van der Waals surface area contributed by atoms with E-state index in [1.165, 1.54) is 4.90 Å². The Bertz CT molecular complexity index is 544. The van der Waals surface area contributed by atoms with E-state index in [0.717, 1.165) is 5.56 Å². The van der Waals surface area contributed by atoms with Gasteiger partial charge in [0.25, 0.3) is 0 Å². The molecule has 6 nitrogen and oxygen atoms in total. The van der Waals surface area contributed by atoms with Crippen LogP contribution in [0.5, 0.6) is 0 Å². The fourth-order valence-electron chi connectivity index (χ4n) is 2.49. The second kappa shape index (κ2) is 7.59. The van der Waals surface area contributed by atoms with Gasteiger partial charge in [0, 0.05) is 18.9 Å². The predicted molar refractivity (Wildman–Crippen MR) is 80.0 cm³/mol. The first-order chi connectivity index (χ1) is 10.6. The van der Waals surface area contributed by atoms with Gasteiger partial charge in [-0.25, -0.2) is 0 Å². The second-order valence-electron chi connectivity index (χ2n) is 5.17. The van der Waals surface area contributed by atoms with Gasteiger partial charge in [-0.15, -0.1) is 0 Å². The molecule has 2 amide bonds. The summed E-state index contributed by atoms with van der Waals surface area (Å²) in [6.45, 7) is 2.30. The summed E-state index contributed by atoms with van der Waals surface area (Å²) in [7, 11) is 0. The summed E-state index contributed by atoms with van der Waals surface area (Å²) < 4.78 is 4.72. The largest absolute Gasteiger partial charge is 0.465 e. The molecule has 1 atom stereocenters. The van der Waals surface area contributed by atoms with Crippen LogP contribution in [0.25, 0.3) is 0 Å². The van der Waals surface area contributed by atoms with E-state index in [1.807, 2.05) is 30.3 Å². The molecule has 1 aromatic rings. The zero-order chi connectivity index (χ0) is 15.9. The van der Waals surface area contributed by atoms with Crippen molar-refractivity contribution in [3.05, 3.63) is 35.9 Å². The van der Waals surface area contributed by atoms with Crippen molar-refractivity contribution < 1.29 is 19.1 Å². The van der Waals surface area contributed by atoms with Crippen molar-refractivity contribution in [1.29, 1.82) is 0 Å². The number of nitrogens with one attached hydrogen (secondary N) is 1. The van der Waals surface area contributed by atoms with Gasteiger partial charge in [-0.1, -0.05) is 30.3 Å². The number of hydrogen-bond donors (Lipinski definition) is 1. The average molecular weight is 304 g/mol. The first-order valence-corrected chi connectivity index (χ1v) is 7.35. The molecule has 1 N–H and O–H groups in total. The molecule has 22 heavy (non-hydrogen) atoms. The minimum absolute atomic E-state index is 0.0262. The van der Waals surface area contributed by atoms with E-state index in [2.05, 4.69) is 5.32 Å². The van der Waals surface area contributed by atoms with Crippen LogP contribution in [-0.2, 0) is 19.1 Å². The second-order valence-corrected chi connectivity index (χ2v) is 5.17. The van der Waals surface area contributed by atoms with Crippen molar-refractivity contribution in [3.63, 3.8) is 0 Å². The molecule has 1 saturated heterocycles. The number of carbonyl (C=O) groups is 3. The van der Waals surface area contributed by atoms with E-state index in [-0.39, 0.29) is 37.4 Å². The monoisotopic (exact) mass is 304 g/mol. The number of carbonyl (C=O) groups excluding carboxylic acids is 3. The lowest BCUT2D eigenvalue weighted by Gasteiger charge is -2.16. The highest BCUT2D eigenvalue weighted by atomic mass is 16.5. The van der Waals surface area contributed by atoms with Crippen LogP contribution in [-0.4, -0.2) is 48.9 Å². The number of ether oxygens (including phenoxy) is 1. The predicted octanol–water partition coefficient (Wildman–Crippen LogP) is 0.682. The molecule has 1 aliphatic heterocycles. The minimum atomic E-state index is -0.481. The number of rotatable bonds is 6. The maximum Gasteiger partial charge on any atom is 0.325 e. The first-order valence-electron chi connectivity index (χ1n) is 7.35. The van der Waals surface area contributed by atoms with Crippen molar-refractivity contribution in [2.45, 2.75) is 19.3 Å². The van der Waals surface area contributed by atoms with Crippen LogP contribution in [0.3, 0.4) is 0 Å². The van der Waals surface area contributed by atoms with E-state index in [9.17, 15) is 14.4 Å². The Morgan fingerprint density at radius 1 is 1.32 bits per heavy atom. The molecule has 1 fully saturated rings. The highest BCUT2D eigenvalue weighted by Gasteiger charge is 2.31. The van der Waals surface area contributed by atoms with Crippen molar-refractivity contribution in [2.75, 3.05) is 26.2 Å². The molecule has 2 rings (SSSR count). The van der Waals surface area contributed by atoms with Crippen LogP contribution in [0.15, 0.2) is 30.3 Å². The number of likely N-dealkylation sites (tertiary alicyclic amines) is 1. The molecule has 0 saturated carbocycles. The van der Waals surface area contributed by atoms with Crippen LogP contribution >= 0.6 is 0 Å². The third-order valence-electron chi connectivity index (χ3n) is 3.56. The van der Waals surface area contributed by atoms with Crippen LogP contribution in [0.4, 0.5) is 0 Å². The van der Waals surface area contributed by atoms with E-state index in [1.54, 1.807) is 6.92 Å². The van der Waals surface area contributed by atoms with E-state index < -0.39 is 5.97 Å². The summed E-state index contributed by atoms with van der Waals surface area (Å²) in [6, 6.07) is 9.79. The quantitative estimate of drug-likeness (QED) is 0.784. The van der Waals surface area contributed by atoms with Gasteiger partial charge in [0.15, 0.2) is 0 Å². The summed E-state index contributed by atoms with van der Waals surface area (Å²) in [6.07, 6.45) is 0.412. The van der Waals surface area contributed by atoms with Crippen LogP contribution in [0.1, 0.15) is 24.8 Å². The highest BCUT2D eigenvalue weighted by Crippen LogP contribution is 2.27. The third-order valence-corrected chi connectivity index (χ3v) is 3.56. The molecule has 0 spiro atoms. The van der Waals surface area contributed by atoms with Crippen molar-refractivity contribution in [1.82, 2.24) is 10.2 Å². The Balaban J connectivity index is 1.82. The summed E-state index contributed by atoms with van der Waals surface area (Å²) in [4.78, 5) is 36.5. The molecule has 0 bridgehead atoms. The van der Waals surface area contributed by atoms with E-state index >= 15 is 0 Å². The normalized spacial score (nSPS) is 17.4. The highest BCUT2D eigenvalue weighted by molar-refractivity contribution is 5.88. The minimum Gasteiger partial charge on any atom is -0.465 e. The summed E-state index contributed by atoms with van der Waals surface area (Å²) >= 11 is 0. The van der Waals surface area contributed by atoms with Crippen molar-refractivity contribution >= 4 is 17.8 Å². The van der Waals surface area contributed by atoms with Crippen LogP contribution in [0, 0.1) is 0 Å². The van der Waals surface area contributed by atoms with Gasteiger partial charge in [0.05, 0.1) is 13.2 Å². The number of nitrogens with zero attached hydrogens (tertiary/aromatic N) is 1. The lowest BCUT2D eigenvalue weighted by atomic mass is 9.99. The van der Waals surface area contributed by atoms with Gasteiger partial charge in [-0.05, 0) is 12.5 Å². The van der Waals surface area contributed by atoms with Crippen molar-refractivity contribution in [2.24, 2.45) is 0 Å². The van der Waals surface area contributed by atoms with Crippen molar-refractivity contribution in [3.8, 4) is 0 Å². The zero-order valence-corrected chi connectivity index (χ0v) is 12.6. The Morgan fingerprint density at radius 3 is 2.73 bits per heavy atom. The molecule has 1 unspecified atom stereocenters. The summed E-state index contributed by atoms with van der Waals surface area (Å²) in [5.74, 6) is -0.757. The van der Waals surface area contributed by atoms with Gasteiger partial charge in [-0.3, -0.25) is 14.4 Å². The number of amides is 2. The Labute approximate surface area is 129 Å². The summed E-state index contributed by atoms with van der Waals surface area (Å²) in [5, 5.41) is 2.46.